The van der Waals surface area contributed by atoms with E-state index in [0.29, 0.717) is 12.1 Å². The van der Waals surface area contributed by atoms with Gasteiger partial charge in [0.1, 0.15) is 18.2 Å². The number of rotatable bonds is 10. The molecule has 8 heteroatoms. The summed E-state index contributed by atoms with van der Waals surface area (Å²) in [7, 11) is 0. The van der Waals surface area contributed by atoms with E-state index in [-0.39, 0.29) is 25.5 Å². The molecule has 5 rings (SSSR count). The van der Waals surface area contributed by atoms with E-state index in [1.807, 2.05) is 48.5 Å². The van der Waals surface area contributed by atoms with Crippen LogP contribution in [-0.4, -0.2) is 36.4 Å². The van der Waals surface area contributed by atoms with Crippen molar-refractivity contribution >= 4 is 28.7 Å². The second-order valence-electron chi connectivity index (χ2n) is 9.88. The Labute approximate surface area is 245 Å². The number of benzene rings is 4. The second kappa shape index (κ2) is 12.9. The Morgan fingerprint density at radius 2 is 1.52 bits per heavy atom. The number of halogens is 3. The van der Waals surface area contributed by atoms with Gasteiger partial charge in [-0.15, -0.1) is 0 Å². The molecular formula is C32H29F2IN2O3. The van der Waals surface area contributed by atoms with Gasteiger partial charge in [-0.05, 0) is 86.7 Å². The fraction of sp³-hybridized carbons (Fsp3) is 0.219. The first kappa shape index (κ1) is 28.2. The molecule has 0 heterocycles. The van der Waals surface area contributed by atoms with Crippen molar-refractivity contribution in [1.82, 2.24) is 10.6 Å². The Kier molecular flexibility index (Phi) is 9.08. The molecule has 1 amide bonds. The average Bonchev–Trinajstić information content (AvgIpc) is 3.26. The van der Waals surface area contributed by atoms with Crippen LogP contribution in [0.15, 0.2) is 91.0 Å². The summed E-state index contributed by atoms with van der Waals surface area (Å²) in [6.07, 6.45) is -1.55. The Morgan fingerprint density at radius 1 is 0.875 bits per heavy atom. The first-order valence-corrected chi connectivity index (χ1v) is 14.1. The molecular weight excluding hydrogens is 625 g/mol. The zero-order chi connectivity index (χ0) is 28.1. The number of aliphatic hydroxyl groups is 1. The van der Waals surface area contributed by atoms with Crippen molar-refractivity contribution in [3.05, 3.63) is 128 Å². The maximum absolute atomic E-state index is 13.9. The molecule has 0 aliphatic heterocycles. The third-order valence-corrected chi connectivity index (χ3v) is 7.77. The number of carbonyl (C=O) groups excluding carboxylic acids is 1. The van der Waals surface area contributed by atoms with Gasteiger partial charge in [0.25, 0.3) is 0 Å². The molecule has 0 saturated heterocycles. The minimum Gasteiger partial charge on any atom is -0.445 e. The Morgan fingerprint density at radius 3 is 2.17 bits per heavy atom. The predicted octanol–water partition coefficient (Wildman–Crippen LogP) is 6.17. The van der Waals surface area contributed by atoms with Crippen molar-refractivity contribution in [2.45, 2.75) is 31.1 Å². The molecule has 0 saturated carbocycles. The molecule has 2 atom stereocenters. The van der Waals surface area contributed by atoms with E-state index in [9.17, 15) is 18.7 Å². The Hall–Kier alpha value is -3.34. The molecule has 4 aromatic rings. The van der Waals surface area contributed by atoms with Crippen LogP contribution in [0.25, 0.3) is 11.1 Å². The van der Waals surface area contributed by atoms with Crippen LogP contribution < -0.4 is 10.6 Å². The fourth-order valence-electron chi connectivity index (χ4n) is 5.23. The van der Waals surface area contributed by atoms with Crippen LogP contribution in [0.2, 0.25) is 0 Å². The molecule has 0 fully saturated rings. The number of fused-ring (bicyclic) bond motifs is 3. The minimum absolute atomic E-state index is 0.0398. The van der Waals surface area contributed by atoms with E-state index in [0.717, 1.165) is 15.2 Å². The first-order chi connectivity index (χ1) is 19.4. The summed E-state index contributed by atoms with van der Waals surface area (Å²) >= 11 is 2.19. The van der Waals surface area contributed by atoms with Crippen molar-refractivity contribution in [2.24, 2.45) is 0 Å². The van der Waals surface area contributed by atoms with Gasteiger partial charge in [0.05, 0.1) is 6.10 Å². The van der Waals surface area contributed by atoms with Gasteiger partial charge in [0.15, 0.2) is 0 Å². The third kappa shape index (κ3) is 6.86. The van der Waals surface area contributed by atoms with Crippen LogP contribution in [0.4, 0.5) is 13.6 Å². The smallest absolute Gasteiger partial charge is 0.407 e. The van der Waals surface area contributed by atoms with E-state index in [1.54, 1.807) is 0 Å². The predicted molar refractivity (Wildman–Crippen MR) is 159 cm³/mol. The van der Waals surface area contributed by atoms with Gasteiger partial charge in [-0.1, -0.05) is 60.7 Å². The maximum atomic E-state index is 13.9. The molecule has 206 valence electrons. The van der Waals surface area contributed by atoms with E-state index < -0.39 is 29.9 Å². The van der Waals surface area contributed by atoms with Crippen LogP contribution >= 0.6 is 22.6 Å². The number of alkyl carbamates (subject to hydrolysis) is 1. The van der Waals surface area contributed by atoms with Crippen molar-refractivity contribution in [3.8, 4) is 11.1 Å². The highest BCUT2D eigenvalue weighted by Gasteiger charge is 2.30. The van der Waals surface area contributed by atoms with Gasteiger partial charge in [-0.2, -0.15) is 0 Å². The van der Waals surface area contributed by atoms with Gasteiger partial charge in [-0.3, -0.25) is 0 Å². The average molecular weight is 654 g/mol. The largest absolute Gasteiger partial charge is 0.445 e. The van der Waals surface area contributed by atoms with Crippen LogP contribution in [0, 0.1) is 15.2 Å². The van der Waals surface area contributed by atoms with Gasteiger partial charge < -0.3 is 20.5 Å². The topological polar surface area (TPSA) is 70.6 Å². The molecule has 2 unspecified atom stereocenters. The molecule has 5 nitrogen and oxygen atoms in total. The van der Waals surface area contributed by atoms with Crippen LogP contribution in [0.1, 0.15) is 28.2 Å². The normalized spacial score (nSPS) is 13.8. The lowest BCUT2D eigenvalue weighted by molar-refractivity contribution is 0.107. The molecule has 4 aromatic carbocycles. The zero-order valence-corrected chi connectivity index (χ0v) is 23.8. The van der Waals surface area contributed by atoms with E-state index >= 15 is 0 Å². The van der Waals surface area contributed by atoms with E-state index in [2.05, 4.69) is 57.5 Å². The lowest BCUT2D eigenvalue weighted by atomic mass is 9.95. The van der Waals surface area contributed by atoms with Gasteiger partial charge in [0.2, 0.25) is 0 Å². The summed E-state index contributed by atoms with van der Waals surface area (Å²) in [5.74, 6) is -1.32. The molecule has 1 aliphatic rings. The highest BCUT2D eigenvalue weighted by Crippen LogP contribution is 2.44. The van der Waals surface area contributed by atoms with E-state index in [1.165, 1.54) is 34.4 Å². The van der Waals surface area contributed by atoms with Gasteiger partial charge >= 0.3 is 6.09 Å². The fourth-order valence-corrected chi connectivity index (χ4v) is 5.84. The summed E-state index contributed by atoms with van der Waals surface area (Å²) < 4.78 is 34.2. The highest BCUT2D eigenvalue weighted by molar-refractivity contribution is 14.1. The Bertz CT molecular complexity index is 1430. The molecule has 40 heavy (non-hydrogen) atoms. The summed E-state index contributed by atoms with van der Waals surface area (Å²) in [6.45, 7) is 0.493. The quantitative estimate of drug-likeness (QED) is 0.179. The zero-order valence-electron chi connectivity index (χ0n) is 21.6. The molecule has 0 radical (unpaired) electrons. The minimum atomic E-state index is -1.05. The lowest BCUT2D eigenvalue weighted by Gasteiger charge is -2.27. The van der Waals surface area contributed by atoms with Gasteiger partial charge in [-0.25, -0.2) is 13.6 Å². The summed E-state index contributed by atoms with van der Waals surface area (Å²) in [5.41, 5.74) is 5.96. The monoisotopic (exact) mass is 654 g/mol. The number of ether oxygens (including phenoxy) is 1. The molecule has 0 bridgehead atoms. The van der Waals surface area contributed by atoms with Crippen LogP contribution in [0.5, 0.6) is 0 Å². The second-order valence-corrected chi connectivity index (χ2v) is 11.1. The number of carbonyl (C=O) groups is 1. The third-order valence-electron chi connectivity index (χ3n) is 7.10. The standard InChI is InChI=1S/C32H29F2IN2O3/c33-22-12-21(13-23(34)16-22)15-30(31(38)18-37-32(39)40-19-20-6-5-7-24(35)14-20)36-17-29-27-10-3-1-8-25(27)26-9-2-4-11-28(26)29/h1-14,16,29-31,36,38H,15,17-19H2,(H,37,39). The highest BCUT2D eigenvalue weighted by atomic mass is 127. The summed E-state index contributed by atoms with van der Waals surface area (Å²) in [6, 6.07) is 26.8. The first-order valence-electron chi connectivity index (χ1n) is 13.1. The number of aliphatic hydroxyl groups excluding tert-OH is 1. The SMILES string of the molecule is O=C(NCC(O)C(Cc1cc(F)cc(F)c1)NCC1c2ccccc2-c2ccccc21)OCc1cccc(I)c1. The van der Waals surface area contributed by atoms with Gasteiger partial charge in [0, 0.05) is 34.7 Å². The molecule has 0 spiro atoms. The number of hydrogen-bond donors (Lipinski definition) is 3. The van der Waals surface area contributed by atoms with Crippen molar-refractivity contribution in [3.63, 3.8) is 0 Å². The van der Waals surface area contributed by atoms with E-state index in [4.69, 9.17) is 4.74 Å². The Balaban J connectivity index is 1.27. The summed E-state index contributed by atoms with van der Waals surface area (Å²) in [4.78, 5) is 12.4. The molecule has 3 N–H and O–H groups in total. The lowest BCUT2D eigenvalue weighted by Crippen LogP contribution is -2.48. The number of nitrogens with one attached hydrogen (secondary N) is 2. The summed E-state index contributed by atoms with van der Waals surface area (Å²) in [5, 5.41) is 17.2. The molecule has 1 aliphatic carbocycles. The van der Waals surface area contributed by atoms with Crippen molar-refractivity contribution < 1.29 is 23.4 Å². The van der Waals surface area contributed by atoms with Crippen molar-refractivity contribution in [2.75, 3.05) is 13.1 Å². The molecule has 0 aromatic heterocycles. The number of amides is 1. The van der Waals surface area contributed by atoms with Crippen molar-refractivity contribution in [1.29, 1.82) is 0 Å². The van der Waals surface area contributed by atoms with Crippen LogP contribution in [-0.2, 0) is 17.8 Å². The maximum Gasteiger partial charge on any atom is 0.407 e. The van der Waals surface area contributed by atoms with Crippen LogP contribution in [0.3, 0.4) is 0 Å². The number of hydrogen-bond acceptors (Lipinski definition) is 4.